The van der Waals surface area contributed by atoms with Gasteiger partial charge in [0.25, 0.3) is 0 Å². The molecule has 0 aromatic carbocycles. The number of carbonyl (C=O) groups excluding carboxylic acids is 1. The van der Waals surface area contributed by atoms with E-state index >= 15 is 0 Å². The Balaban J connectivity index is 1.41. The minimum atomic E-state index is -0.484. The molecular formula is C33H57NO2. The molecule has 0 aliphatic heterocycles. The molecule has 2 N–H and O–H groups in total. The lowest BCUT2D eigenvalue weighted by molar-refractivity contribution is -0.153. The third kappa shape index (κ3) is 5.48. The number of ether oxygens (including phenoxy) is 1. The summed E-state index contributed by atoms with van der Waals surface area (Å²) in [5, 5.41) is 0. The van der Waals surface area contributed by atoms with E-state index in [1.807, 2.05) is 0 Å². The number of rotatable bonds is 9. The maximum atomic E-state index is 12.6. The third-order valence-electron chi connectivity index (χ3n) is 11.6. The van der Waals surface area contributed by atoms with Gasteiger partial charge in [0, 0.05) is 6.42 Å². The van der Waals surface area contributed by atoms with Crippen LogP contribution in [-0.4, -0.2) is 18.1 Å². The lowest BCUT2D eigenvalue weighted by Crippen LogP contribution is -2.51. The molecule has 0 aromatic rings. The smallest absolute Gasteiger partial charge is 0.323 e. The van der Waals surface area contributed by atoms with Crippen LogP contribution in [0.5, 0.6) is 0 Å². The van der Waals surface area contributed by atoms with Gasteiger partial charge in [-0.2, -0.15) is 0 Å². The standard InChI is InChI=1S/C33H57NO2/c1-21(2)9-8-10-23(5)27-13-14-28-26-12-11-24-20-25(36-31(35)30(34)19-22(3)4)15-17-32(24,6)29(26)16-18-33(27,28)7/h11,21-23,25-30H,8-10,12-20,34H2,1-7H3/t23-,25+,26+,27-,28+,29+,30-,32+,33-/m1/s1. The van der Waals surface area contributed by atoms with Crippen molar-refractivity contribution in [1.82, 2.24) is 0 Å². The first-order valence-corrected chi connectivity index (χ1v) is 15.6. The fraction of sp³-hybridized carbons (Fsp3) is 0.909. The van der Waals surface area contributed by atoms with Gasteiger partial charge in [-0.3, -0.25) is 4.79 Å². The fourth-order valence-electron chi connectivity index (χ4n) is 9.61. The van der Waals surface area contributed by atoms with Crippen molar-refractivity contribution in [3.8, 4) is 0 Å². The van der Waals surface area contributed by atoms with E-state index < -0.39 is 6.04 Å². The van der Waals surface area contributed by atoms with Crippen LogP contribution in [-0.2, 0) is 9.53 Å². The van der Waals surface area contributed by atoms with Crippen molar-refractivity contribution in [1.29, 1.82) is 0 Å². The van der Waals surface area contributed by atoms with Crippen LogP contribution in [0.25, 0.3) is 0 Å². The minimum Gasteiger partial charge on any atom is -0.461 e. The Bertz CT molecular complexity index is 802. The summed E-state index contributed by atoms with van der Waals surface area (Å²) >= 11 is 0. The average Bonchev–Trinajstić information content (AvgIpc) is 3.15. The van der Waals surface area contributed by atoms with Crippen LogP contribution in [0.1, 0.15) is 126 Å². The SMILES string of the molecule is CC(C)CCC[C@@H](C)[C@H]1CC[C@H]2[C@@H]3CC=C4C[C@@H](OC(=O)[C@H](N)CC(C)C)CC[C@]4(C)[C@H]3CC[C@]12C. The molecule has 0 bridgehead atoms. The molecule has 3 fully saturated rings. The molecule has 0 amide bonds. The van der Waals surface area contributed by atoms with Crippen molar-refractivity contribution < 1.29 is 9.53 Å². The second-order valence-electron chi connectivity index (χ2n) is 14.8. The van der Waals surface area contributed by atoms with Gasteiger partial charge in [-0.25, -0.2) is 0 Å². The minimum absolute atomic E-state index is 0.0167. The Labute approximate surface area is 222 Å². The molecule has 4 rings (SSSR count). The van der Waals surface area contributed by atoms with Gasteiger partial charge >= 0.3 is 5.97 Å². The molecule has 0 spiro atoms. The predicted molar refractivity (Wildman–Crippen MR) is 150 cm³/mol. The van der Waals surface area contributed by atoms with E-state index in [1.165, 1.54) is 51.4 Å². The van der Waals surface area contributed by atoms with Crippen LogP contribution in [0.15, 0.2) is 11.6 Å². The van der Waals surface area contributed by atoms with Crippen molar-refractivity contribution >= 4 is 5.97 Å². The van der Waals surface area contributed by atoms with Crippen LogP contribution in [0, 0.1) is 52.3 Å². The molecule has 3 heteroatoms. The molecule has 0 radical (unpaired) electrons. The monoisotopic (exact) mass is 499 g/mol. The molecule has 4 aliphatic rings. The molecule has 0 heterocycles. The van der Waals surface area contributed by atoms with Crippen LogP contribution in [0.2, 0.25) is 0 Å². The van der Waals surface area contributed by atoms with Gasteiger partial charge in [-0.1, -0.05) is 79.4 Å². The van der Waals surface area contributed by atoms with E-state index in [1.54, 1.807) is 5.57 Å². The number of carbonyl (C=O) groups is 1. The number of hydrogen-bond acceptors (Lipinski definition) is 3. The van der Waals surface area contributed by atoms with E-state index in [4.69, 9.17) is 10.5 Å². The lowest BCUT2D eigenvalue weighted by atomic mass is 9.47. The zero-order valence-corrected chi connectivity index (χ0v) is 24.7. The van der Waals surface area contributed by atoms with Crippen molar-refractivity contribution in [2.45, 2.75) is 138 Å². The lowest BCUT2D eigenvalue weighted by Gasteiger charge is -2.58. The molecule has 0 saturated heterocycles. The highest BCUT2D eigenvalue weighted by atomic mass is 16.5. The molecule has 3 nitrogen and oxygen atoms in total. The number of fused-ring (bicyclic) bond motifs is 5. The molecule has 9 atom stereocenters. The van der Waals surface area contributed by atoms with Gasteiger partial charge in [0.05, 0.1) is 0 Å². The predicted octanol–water partition coefficient (Wildman–Crippen LogP) is 8.31. The maximum Gasteiger partial charge on any atom is 0.323 e. The molecule has 206 valence electrons. The zero-order chi connectivity index (χ0) is 26.3. The normalized spacial score (nSPS) is 39.7. The van der Waals surface area contributed by atoms with Crippen molar-refractivity contribution in [3.63, 3.8) is 0 Å². The van der Waals surface area contributed by atoms with Gasteiger partial charge in [0.1, 0.15) is 12.1 Å². The Hall–Kier alpha value is -0.830. The summed E-state index contributed by atoms with van der Waals surface area (Å²) in [4.78, 5) is 12.6. The summed E-state index contributed by atoms with van der Waals surface area (Å²) in [6.45, 7) is 16.8. The Morgan fingerprint density at radius 2 is 1.75 bits per heavy atom. The Kier molecular flexibility index (Phi) is 8.70. The Morgan fingerprint density at radius 3 is 2.44 bits per heavy atom. The number of allylic oxidation sites excluding steroid dienone is 1. The van der Waals surface area contributed by atoms with Crippen LogP contribution in [0.3, 0.4) is 0 Å². The largest absolute Gasteiger partial charge is 0.461 e. The maximum absolute atomic E-state index is 12.6. The first-order chi connectivity index (χ1) is 17.0. The Morgan fingerprint density at radius 1 is 1.00 bits per heavy atom. The molecule has 4 aliphatic carbocycles. The average molecular weight is 500 g/mol. The number of nitrogens with two attached hydrogens (primary N) is 1. The fourth-order valence-corrected chi connectivity index (χ4v) is 9.61. The number of esters is 1. The van der Waals surface area contributed by atoms with Gasteiger partial charge in [-0.15, -0.1) is 0 Å². The van der Waals surface area contributed by atoms with Gasteiger partial charge in [-0.05, 0) is 104 Å². The molecule has 0 aromatic heterocycles. The van der Waals surface area contributed by atoms with Crippen molar-refractivity contribution in [3.05, 3.63) is 11.6 Å². The van der Waals surface area contributed by atoms with E-state index in [0.29, 0.717) is 23.2 Å². The molecule has 36 heavy (non-hydrogen) atoms. The van der Waals surface area contributed by atoms with Crippen LogP contribution < -0.4 is 5.73 Å². The third-order valence-corrected chi connectivity index (χ3v) is 11.6. The van der Waals surface area contributed by atoms with Crippen molar-refractivity contribution in [2.75, 3.05) is 0 Å². The molecular weight excluding hydrogens is 442 g/mol. The summed E-state index contributed by atoms with van der Waals surface area (Å²) in [6.07, 6.45) is 17.6. The van der Waals surface area contributed by atoms with E-state index in [-0.39, 0.29) is 12.1 Å². The zero-order valence-electron chi connectivity index (χ0n) is 24.7. The summed E-state index contributed by atoms with van der Waals surface area (Å²) < 4.78 is 5.95. The summed E-state index contributed by atoms with van der Waals surface area (Å²) in [5.41, 5.74) is 8.55. The van der Waals surface area contributed by atoms with Crippen LogP contribution >= 0.6 is 0 Å². The summed E-state index contributed by atoms with van der Waals surface area (Å²) in [5.74, 6) is 5.39. The summed E-state index contributed by atoms with van der Waals surface area (Å²) in [6, 6.07) is -0.484. The van der Waals surface area contributed by atoms with E-state index in [2.05, 4.69) is 54.5 Å². The topological polar surface area (TPSA) is 52.3 Å². The van der Waals surface area contributed by atoms with Crippen LogP contribution in [0.4, 0.5) is 0 Å². The first-order valence-electron chi connectivity index (χ1n) is 15.6. The second kappa shape index (κ2) is 11.1. The van der Waals surface area contributed by atoms with Crippen molar-refractivity contribution in [2.24, 2.45) is 58.0 Å². The summed E-state index contributed by atoms with van der Waals surface area (Å²) in [7, 11) is 0. The van der Waals surface area contributed by atoms with Gasteiger partial charge < -0.3 is 10.5 Å². The molecule has 0 unspecified atom stereocenters. The highest BCUT2D eigenvalue weighted by Gasteiger charge is 2.59. The first kappa shape index (κ1) is 28.2. The van der Waals surface area contributed by atoms with Gasteiger partial charge in [0.15, 0.2) is 0 Å². The molecule has 3 saturated carbocycles. The van der Waals surface area contributed by atoms with E-state index in [0.717, 1.165) is 54.8 Å². The van der Waals surface area contributed by atoms with E-state index in [9.17, 15) is 4.79 Å². The number of hydrogen-bond donors (Lipinski definition) is 1. The quantitative estimate of drug-likeness (QED) is 0.256. The highest BCUT2D eigenvalue weighted by molar-refractivity contribution is 5.75. The second-order valence-corrected chi connectivity index (χ2v) is 14.8. The van der Waals surface area contributed by atoms with Gasteiger partial charge in [0.2, 0.25) is 0 Å². The highest BCUT2D eigenvalue weighted by Crippen LogP contribution is 2.67.